The molecule has 1 heterocycles. The lowest BCUT2D eigenvalue weighted by Crippen LogP contribution is -1.86. The monoisotopic (exact) mass is 188 g/mol. The predicted molar refractivity (Wildman–Crippen MR) is 51.8 cm³/mol. The molecule has 1 aromatic heterocycles. The Bertz CT molecular complexity index is 523. The number of nitriles is 1. The van der Waals surface area contributed by atoms with E-state index in [-0.39, 0.29) is 0 Å². The van der Waals surface area contributed by atoms with E-state index < -0.39 is 0 Å². The van der Waals surface area contributed by atoms with Crippen molar-refractivity contribution in [3.8, 4) is 11.8 Å². The molecule has 0 atom stereocenters. The summed E-state index contributed by atoms with van der Waals surface area (Å²) in [5.74, 6) is 0.861. The summed E-state index contributed by atoms with van der Waals surface area (Å²) in [4.78, 5) is 6.89. The largest absolute Gasteiger partial charge is 0.494 e. The highest BCUT2D eigenvalue weighted by Crippen LogP contribution is 2.25. The van der Waals surface area contributed by atoms with Crippen molar-refractivity contribution in [1.29, 1.82) is 5.26 Å². The third-order valence-electron chi connectivity index (χ3n) is 1.92. The minimum atomic E-state index is 0.313. The second kappa shape index (κ2) is 2.92. The Kier molecular flexibility index (Phi) is 1.75. The molecule has 2 rings (SSSR count). The SMILES string of the molecule is COc1cc(C#N)cc2[nH]c(N)nc12. The third-order valence-corrected chi connectivity index (χ3v) is 1.92. The highest BCUT2D eigenvalue weighted by atomic mass is 16.5. The normalized spacial score (nSPS) is 10.0. The summed E-state index contributed by atoms with van der Waals surface area (Å²) in [6.07, 6.45) is 0. The first-order chi connectivity index (χ1) is 6.74. The highest BCUT2D eigenvalue weighted by molar-refractivity contribution is 5.85. The van der Waals surface area contributed by atoms with Gasteiger partial charge in [0.25, 0.3) is 0 Å². The number of imidazole rings is 1. The number of aromatic amines is 1. The molecule has 0 unspecified atom stereocenters. The zero-order chi connectivity index (χ0) is 10.1. The molecule has 0 radical (unpaired) electrons. The average molecular weight is 188 g/mol. The second-order valence-electron chi connectivity index (χ2n) is 2.81. The van der Waals surface area contributed by atoms with E-state index in [1.165, 1.54) is 7.11 Å². The van der Waals surface area contributed by atoms with Gasteiger partial charge in [0.1, 0.15) is 11.3 Å². The number of nitrogen functional groups attached to an aromatic ring is 1. The van der Waals surface area contributed by atoms with Crippen LogP contribution in [-0.4, -0.2) is 17.1 Å². The smallest absolute Gasteiger partial charge is 0.198 e. The number of fused-ring (bicyclic) bond motifs is 1. The maximum Gasteiger partial charge on any atom is 0.198 e. The minimum absolute atomic E-state index is 0.313. The predicted octanol–water partition coefficient (Wildman–Crippen LogP) is 1.03. The van der Waals surface area contributed by atoms with Crippen molar-refractivity contribution in [2.24, 2.45) is 0 Å². The van der Waals surface area contributed by atoms with Gasteiger partial charge < -0.3 is 15.5 Å². The number of nitrogens with one attached hydrogen (secondary N) is 1. The molecule has 0 saturated carbocycles. The van der Waals surface area contributed by atoms with Crippen LogP contribution < -0.4 is 10.5 Å². The number of H-pyrrole nitrogens is 1. The molecule has 0 aliphatic rings. The average Bonchev–Trinajstić information content (AvgIpc) is 2.56. The van der Waals surface area contributed by atoms with Gasteiger partial charge >= 0.3 is 0 Å². The molecule has 3 N–H and O–H groups in total. The van der Waals surface area contributed by atoms with Gasteiger partial charge in [-0.3, -0.25) is 0 Å². The molecule has 5 nitrogen and oxygen atoms in total. The van der Waals surface area contributed by atoms with Crippen LogP contribution >= 0.6 is 0 Å². The van der Waals surface area contributed by atoms with E-state index >= 15 is 0 Å². The summed E-state index contributed by atoms with van der Waals surface area (Å²) in [6, 6.07) is 5.34. The van der Waals surface area contributed by atoms with Crippen molar-refractivity contribution in [2.45, 2.75) is 0 Å². The van der Waals surface area contributed by atoms with Crippen LogP contribution in [0.5, 0.6) is 5.75 Å². The third kappa shape index (κ3) is 1.13. The number of nitrogens with zero attached hydrogens (tertiary/aromatic N) is 2. The van der Waals surface area contributed by atoms with Crippen LogP contribution in [0.15, 0.2) is 12.1 Å². The van der Waals surface area contributed by atoms with E-state index in [9.17, 15) is 0 Å². The van der Waals surface area contributed by atoms with Crippen LogP contribution in [0.3, 0.4) is 0 Å². The van der Waals surface area contributed by atoms with Crippen LogP contribution in [0, 0.1) is 11.3 Å². The number of hydrogen-bond acceptors (Lipinski definition) is 4. The molecule has 0 amide bonds. The Morgan fingerprint density at radius 2 is 2.36 bits per heavy atom. The number of nitrogens with two attached hydrogens (primary N) is 1. The van der Waals surface area contributed by atoms with Crippen LogP contribution in [0.2, 0.25) is 0 Å². The van der Waals surface area contributed by atoms with Gasteiger partial charge in [0.15, 0.2) is 5.95 Å². The first-order valence-corrected chi connectivity index (χ1v) is 3.98. The molecule has 1 aromatic carbocycles. The van der Waals surface area contributed by atoms with E-state index in [0.29, 0.717) is 28.3 Å². The number of ether oxygens (including phenoxy) is 1. The molecule has 0 fully saturated rings. The Balaban J connectivity index is 2.80. The summed E-state index contributed by atoms with van der Waals surface area (Å²) in [5, 5.41) is 8.75. The molecule has 0 aliphatic carbocycles. The van der Waals surface area contributed by atoms with Gasteiger partial charge in [-0.2, -0.15) is 5.26 Å². The summed E-state index contributed by atoms with van der Waals surface area (Å²) < 4.78 is 5.09. The van der Waals surface area contributed by atoms with Crippen molar-refractivity contribution in [3.05, 3.63) is 17.7 Å². The highest BCUT2D eigenvalue weighted by Gasteiger charge is 2.08. The van der Waals surface area contributed by atoms with Crippen molar-refractivity contribution in [1.82, 2.24) is 9.97 Å². The summed E-state index contributed by atoms with van der Waals surface area (Å²) >= 11 is 0. The number of methoxy groups -OCH3 is 1. The lowest BCUT2D eigenvalue weighted by Gasteiger charge is -1.99. The number of rotatable bonds is 1. The van der Waals surface area contributed by atoms with Gasteiger partial charge in [-0.1, -0.05) is 0 Å². The Morgan fingerprint density at radius 1 is 1.57 bits per heavy atom. The molecule has 2 aromatic rings. The maximum absolute atomic E-state index is 8.75. The first-order valence-electron chi connectivity index (χ1n) is 3.98. The summed E-state index contributed by atoms with van der Waals surface area (Å²) in [5.41, 5.74) is 7.36. The molecule has 0 saturated heterocycles. The minimum Gasteiger partial charge on any atom is -0.494 e. The van der Waals surface area contributed by atoms with Crippen molar-refractivity contribution < 1.29 is 4.74 Å². The quantitative estimate of drug-likeness (QED) is 0.699. The zero-order valence-electron chi connectivity index (χ0n) is 7.53. The number of benzene rings is 1. The lowest BCUT2D eigenvalue weighted by molar-refractivity contribution is 0.419. The first kappa shape index (κ1) is 8.38. The Morgan fingerprint density at radius 3 is 3.00 bits per heavy atom. The van der Waals surface area contributed by atoms with Crippen LogP contribution in [0.4, 0.5) is 5.95 Å². The molecule has 70 valence electrons. The van der Waals surface area contributed by atoms with Gasteiger partial charge in [-0.15, -0.1) is 0 Å². The number of anilines is 1. The molecular weight excluding hydrogens is 180 g/mol. The van der Waals surface area contributed by atoms with Crippen molar-refractivity contribution in [2.75, 3.05) is 12.8 Å². The fraction of sp³-hybridized carbons (Fsp3) is 0.111. The van der Waals surface area contributed by atoms with Crippen LogP contribution in [0.1, 0.15) is 5.56 Å². The van der Waals surface area contributed by atoms with Crippen LogP contribution in [0.25, 0.3) is 11.0 Å². The van der Waals surface area contributed by atoms with Crippen LogP contribution in [-0.2, 0) is 0 Å². The van der Waals surface area contributed by atoms with Gasteiger partial charge in [-0.25, -0.2) is 4.98 Å². The molecule has 14 heavy (non-hydrogen) atoms. The fourth-order valence-electron chi connectivity index (χ4n) is 1.32. The molecular formula is C9H8N4O. The number of hydrogen-bond donors (Lipinski definition) is 2. The molecule has 0 spiro atoms. The van der Waals surface area contributed by atoms with Gasteiger partial charge in [-0.05, 0) is 6.07 Å². The van der Waals surface area contributed by atoms with Gasteiger partial charge in [0.05, 0.1) is 24.3 Å². The topological polar surface area (TPSA) is 87.7 Å². The standard InChI is InChI=1S/C9H8N4O/c1-14-7-3-5(4-10)2-6-8(7)13-9(11)12-6/h2-3H,1H3,(H3,11,12,13). The lowest BCUT2D eigenvalue weighted by atomic mass is 10.2. The zero-order valence-corrected chi connectivity index (χ0v) is 7.53. The summed E-state index contributed by atoms with van der Waals surface area (Å²) in [6.45, 7) is 0. The maximum atomic E-state index is 8.75. The molecule has 0 aliphatic heterocycles. The molecule has 0 bridgehead atoms. The van der Waals surface area contributed by atoms with E-state index in [2.05, 4.69) is 9.97 Å². The Labute approximate surface area is 80.1 Å². The van der Waals surface area contributed by atoms with E-state index in [1.807, 2.05) is 6.07 Å². The number of aromatic nitrogens is 2. The van der Waals surface area contributed by atoms with Crippen molar-refractivity contribution >= 4 is 17.0 Å². The van der Waals surface area contributed by atoms with Gasteiger partial charge in [0, 0.05) is 6.07 Å². The van der Waals surface area contributed by atoms with E-state index in [1.54, 1.807) is 12.1 Å². The second-order valence-corrected chi connectivity index (χ2v) is 2.81. The van der Waals surface area contributed by atoms with Crippen molar-refractivity contribution in [3.63, 3.8) is 0 Å². The fourth-order valence-corrected chi connectivity index (χ4v) is 1.32. The van der Waals surface area contributed by atoms with E-state index in [4.69, 9.17) is 15.7 Å². The Hall–Kier alpha value is -2.22. The van der Waals surface area contributed by atoms with E-state index in [0.717, 1.165) is 0 Å². The summed E-state index contributed by atoms with van der Waals surface area (Å²) in [7, 11) is 1.53. The van der Waals surface area contributed by atoms with Gasteiger partial charge in [0.2, 0.25) is 0 Å². The molecule has 5 heteroatoms.